The van der Waals surface area contributed by atoms with Gasteiger partial charge in [-0.15, -0.1) is 0 Å². The fourth-order valence-corrected chi connectivity index (χ4v) is 4.52. The number of anilines is 1. The SMILES string of the molecule is Cn1cc(-c2ccc3c(N4CCN(C(=O)OCCC5CCOCC5)CC4)cnn3c2)cn1. The number of pyridine rings is 1. The highest BCUT2D eigenvalue weighted by atomic mass is 16.6. The van der Waals surface area contributed by atoms with Gasteiger partial charge < -0.3 is 19.3 Å². The molecule has 0 bridgehead atoms. The van der Waals surface area contributed by atoms with E-state index in [0.29, 0.717) is 25.6 Å². The predicted octanol–water partition coefficient (Wildman–Crippen LogP) is 2.81. The van der Waals surface area contributed by atoms with Crippen LogP contribution in [0.2, 0.25) is 0 Å². The lowest BCUT2D eigenvalue weighted by Crippen LogP contribution is -2.49. The third kappa shape index (κ3) is 4.43. The Bertz CT molecular complexity index is 1060. The molecule has 1 amide bonds. The van der Waals surface area contributed by atoms with Gasteiger partial charge in [-0.2, -0.15) is 10.2 Å². The zero-order valence-electron chi connectivity index (χ0n) is 18.5. The molecule has 0 unspecified atom stereocenters. The zero-order chi connectivity index (χ0) is 21.9. The van der Waals surface area contributed by atoms with Gasteiger partial charge in [-0.25, -0.2) is 9.31 Å². The van der Waals surface area contributed by atoms with Gasteiger partial charge in [-0.1, -0.05) is 6.07 Å². The molecule has 32 heavy (non-hydrogen) atoms. The van der Waals surface area contributed by atoms with Crippen LogP contribution in [0.3, 0.4) is 0 Å². The van der Waals surface area contributed by atoms with E-state index in [9.17, 15) is 4.79 Å². The molecule has 0 spiro atoms. The van der Waals surface area contributed by atoms with Crippen LogP contribution in [0.4, 0.5) is 10.5 Å². The Hall–Kier alpha value is -3.07. The number of piperazine rings is 1. The van der Waals surface area contributed by atoms with E-state index in [1.807, 2.05) is 41.3 Å². The molecule has 3 aromatic heterocycles. The molecule has 170 valence electrons. The van der Waals surface area contributed by atoms with E-state index in [1.54, 1.807) is 4.68 Å². The summed E-state index contributed by atoms with van der Waals surface area (Å²) in [5.74, 6) is 0.614. The average molecular weight is 439 g/mol. The summed E-state index contributed by atoms with van der Waals surface area (Å²) in [5, 5.41) is 8.81. The number of hydrogen-bond donors (Lipinski definition) is 0. The maximum Gasteiger partial charge on any atom is 0.409 e. The van der Waals surface area contributed by atoms with Crippen LogP contribution in [0.15, 0.2) is 36.9 Å². The second-order valence-corrected chi connectivity index (χ2v) is 8.61. The van der Waals surface area contributed by atoms with E-state index in [1.165, 1.54) is 0 Å². The van der Waals surface area contributed by atoms with Crippen molar-refractivity contribution in [1.29, 1.82) is 0 Å². The highest BCUT2D eigenvalue weighted by molar-refractivity contribution is 5.76. The maximum absolute atomic E-state index is 12.5. The highest BCUT2D eigenvalue weighted by Gasteiger charge is 2.24. The molecule has 9 nitrogen and oxygen atoms in total. The fraction of sp³-hybridized carbons (Fsp3) is 0.522. The van der Waals surface area contributed by atoms with Crippen LogP contribution >= 0.6 is 0 Å². The first-order chi connectivity index (χ1) is 15.7. The number of carbonyl (C=O) groups excluding carboxylic acids is 1. The first-order valence-corrected chi connectivity index (χ1v) is 11.4. The minimum Gasteiger partial charge on any atom is -0.449 e. The third-order valence-electron chi connectivity index (χ3n) is 6.51. The predicted molar refractivity (Wildman–Crippen MR) is 121 cm³/mol. The molecular weight excluding hydrogens is 408 g/mol. The Labute approximate surface area is 187 Å². The smallest absolute Gasteiger partial charge is 0.409 e. The van der Waals surface area contributed by atoms with E-state index < -0.39 is 0 Å². The van der Waals surface area contributed by atoms with Gasteiger partial charge in [0.1, 0.15) is 0 Å². The number of hydrogen-bond acceptors (Lipinski definition) is 6. The van der Waals surface area contributed by atoms with Crippen LogP contribution in [-0.4, -0.2) is 76.4 Å². The van der Waals surface area contributed by atoms with Gasteiger partial charge in [-0.3, -0.25) is 4.68 Å². The van der Waals surface area contributed by atoms with Crippen molar-refractivity contribution in [2.75, 3.05) is 50.9 Å². The molecule has 0 radical (unpaired) electrons. The lowest BCUT2D eigenvalue weighted by molar-refractivity contribution is 0.0502. The van der Waals surface area contributed by atoms with Crippen LogP contribution in [0.1, 0.15) is 19.3 Å². The van der Waals surface area contributed by atoms with Crippen molar-refractivity contribution in [1.82, 2.24) is 24.3 Å². The van der Waals surface area contributed by atoms with Crippen molar-refractivity contribution in [3.8, 4) is 11.1 Å². The van der Waals surface area contributed by atoms with Gasteiger partial charge >= 0.3 is 6.09 Å². The van der Waals surface area contributed by atoms with Crippen LogP contribution in [0.5, 0.6) is 0 Å². The molecule has 0 aromatic carbocycles. The molecule has 0 N–H and O–H groups in total. The number of aryl methyl sites for hydroxylation is 1. The Balaban J connectivity index is 1.15. The molecule has 9 heteroatoms. The van der Waals surface area contributed by atoms with Gasteiger partial charge in [0.2, 0.25) is 0 Å². The zero-order valence-corrected chi connectivity index (χ0v) is 18.5. The lowest BCUT2D eigenvalue weighted by atomic mass is 9.97. The Morgan fingerprint density at radius 1 is 1.06 bits per heavy atom. The van der Waals surface area contributed by atoms with Gasteiger partial charge in [0.05, 0.1) is 30.2 Å². The normalized spacial score (nSPS) is 17.8. The summed E-state index contributed by atoms with van der Waals surface area (Å²) in [6, 6.07) is 4.20. The number of ether oxygens (including phenoxy) is 2. The molecule has 2 saturated heterocycles. The summed E-state index contributed by atoms with van der Waals surface area (Å²) < 4.78 is 14.6. The average Bonchev–Trinajstić information content (AvgIpc) is 3.45. The Morgan fingerprint density at radius 3 is 2.62 bits per heavy atom. The molecule has 2 fully saturated rings. The van der Waals surface area contributed by atoms with Crippen molar-refractivity contribution in [3.05, 3.63) is 36.9 Å². The minimum atomic E-state index is -0.197. The molecular formula is C23H30N6O3. The number of fused-ring (bicyclic) bond motifs is 1. The molecule has 2 aliphatic heterocycles. The lowest BCUT2D eigenvalue weighted by Gasteiger charge is -2.35. The quantitative estimate of drug-likeness (QED) is 0.610. The number of amides is 1. The highest BCUT2D eigenvalue weighted by Crippen LogP contribution is 2.26. The molecule has 0 saturated carbocycles. The molecule has 5 rings (SSSR count). The fourth-order valence-electron chi connectivity index (χ4n) is 4.52. The largest absolute Gasteiger partial charge is 0.449 e. The number of aromatic nitrogens is 4. The molecule has 3 aromatic rings. The number of carbonyl (C=O) groups is 1. The molecule has 2 aliphatic rings. The first-order valence-electron chi connectivity index (χ1n) is 11.4. The van der Waals surface area contributed by atoms with Crippen LogP contribution in [0.25, 0.3) is 16.6 Å². The van der Waals surface area contributed by atoms with Gasteiger partial charge in [0, 0.05) is 70.0 Å². The van der Waals surface area contributed by atoms with Gasteiger partial charge in [-0.05, 0) is 31.2 Å². The van der Waals surface area contributed by atoms with E-state index in [0.717, 1.165) is 67.9 Å². The summed E-state index contributed by atoms with van der Waals surface area (Å²) in [4.78, 5) is 16.6. The van der Waals surface area contributed by atoms with E-state index >= 15 is 0 Å². The molecule has 5 heterocycles. The van der Waals surface area contributed by atoms with Gasteiger partial charge in [0.15, 0.2) is 0 Å². The standard InChI is InChI=1S/C23H30N6O3/c1-26-16-20(14-24-26)19-2-3-21-22(15-25-29(21)17-19)27-7-9-28(10-8-27)23(30)32-13-6-18-4-11-31-12-5-18/h2-3,14-18H,4-13H2,1H3. The number of rotatable bonds is 5. The Morgan fingerprint density at radius 2 is 1.88 bits per heavy atom. The van der Waals surface area contributed by atoms with E-state index in [4.69, 9.17) is 9.47 Å². The van der Waals surface area contributed by atoms with Gasteiger partial charge in [0.25, 0.3) is 0 Å². The van der Waals surface area contributed by atoms with E-state index in [-0.39, 0.29) is 6.09 Å². The topological polar surface area (TPSA) is 77.1 Å². The second kappa shape index (κ2) is 9.20. The minimum absolute atomic E-state index is 0.197. The summed E-state index contributed by atoms with van der Waals surface area (Å²) in [7, 11) is 1.91. The maximum atomic E-state index is 12.5. The summed E-state index contributed by atoms with van der Waals surface area (Å²) in [6.45, 7) is 4.99. The Kier molecular flexibility index (Phi) is 5.98. The van der Waals surface area contributed by atoms with Crippen LogP contribution < -0.4 is 4.90 Å². The first kappa shape index (κ1) is 20.8. The number of nitrogens with zero attached hydrogens (tertiary/aromatic N) is 6. The van der Waals surface area contributed by atoms with Crippen LogP contribution in [-0.2, 0) is 16.5 Å². The summed E-state index contributed by atoms with van der Waals surface area (Å²) in [5.41, 5.74) is 4.30. The monoisotopic (exact) mass is 438 g/mol. The second-order valence-electron chi connectivity index (χ2n) is 8.61. The van der Waals surface area contributed by atoms with Crippen molar-refractivity contribution in [3.63, 3.8) is 0 Å². The van der Waals surface area contributed by atoms with Crippen molar-refractivity contribution in [2.45, 2.75) is 19.3 Å². The van der Waals surface area contributed by atoms with Crippen molar-refractivity contribution in [2.24, 2.45) is 13.0 Å². The van der Waals surface area contributed by atoms with Crippen molar-refractivity contribution >= 4 is 17.3 Å². The van der Waals surface area contributed by atoms with Crippen LogP contribution in [0, 0.1) is 5.92 Å². The van der Waals surface area contributed by atoms with E-state index in [2.05, 4.69) is 27.2 Å². The third-order valence-corrected chi connectivity index (χ3v) is 6.51. The molecule has 0 atom stereocenters. The summed E-state index contributed by atoms with van der Waals surface area (Å²) >= 11 is 0. The molecule has 0 aliphatic carbocycles. The van der Waals surface area contributed by atoms with Crippen molar-refractivity contribution < 1.29 is 14.3 Å². The summed E-state index contributed by atoms with van der Waals surface area (Å²) in [6.07, 6.45) is 10.7.